The molecule has 1 aliphatic rings. The highest BCUT2D eigenvalue weighted by atomic mass is 79.9. The van der Waals surface area contributed by atoms with Crippen molar-refractivity contribution in [3.8, 4) is 0 Å². The smallest absolute Gasteiger partial charge is 0.0178 e. The van der Waals surface area contributed by atoms with Crippen molar-refractivity contribution >= 4 is 21.5 Å². The third-order valence-electron chi connectivity index (χ3n) is 3.28. The zero-order valence-electron chi connectivity index (χ0n) is 9.70. The third-order valence-corrected chi connectivity index (χ3v) is 3.77. The van der Waals surface area contributed by atoms with Crippen molar-refractivity contribution in [1.29, 1.82) is 0 Å². The average Bonchev–Trinajstić information content (AvgIpc) is 2.65. The van der Waals surface area contributed by atoms with Gasteiger partial charge in [0.25, 0.3) is 0 Å². The predicted octanol–water partition coefficient (Wildman–Crippen LogP) is 4.83. The molecule has 0 nitrogen and oxygen atoms in total. The molecule has 2 aromatic rings. The Morgan fingerprint density at radius 3 is 2.53 bits per heavy atom. The van der Waals surface area contributed by atoms with Crippen molar-refractivity contribution < 1.29 is 0 Å². The molecule has 0 aromatic heterocycles. The Morgan fingerprint density at radius 2 is 1.76 bits per heavy atom. The number of fused-ring (bicyclic) bond motifs is 1. The molecule has 0 saturated carbocycles. The van der Waals surface area contributed by atoms with Gasteiger partial charge in [0.1, 0.15) is 0 Å². The van der Waals surface area contributed by atoms with E-state index < -0.39 is 0 Å². The third kappa shape index (κ3) is 1.85. The molecule has 0 atom stereocenters. The van der Waals surface area contributed by atoms with E-state index in [-0.39, 0.29) is 0 Å². The van der Waals surface area contributed by atoms with Crippen LogP contribution in [-0.2, 0) is 6.42 Å². The number of hydrogen-bond acceptors (Lipinski definition) is 0. The van der Waals surface area contributed by atoms with Crippen molar-refractivity contribution in [2.24, 2.45) is 0 Å². The molecule has 0 N–H and O–H groups in total. The van der Waals surface area contributed by atoms with Crippen LogP contribution >= 0.6 is 15.9 Å². The minimum atomic E-state index is 1.07. The van der Waals surface area contributed by atoms with Gasteiger partial charge >= 0.3 is 0 Å². The Hall–Kier alpha value is -1.34. The summed E-state index contributed by atoms with van der Waals surface area (Å²) < 4.78 is 1.17. The van der Waals surface area contributed by atoms with E-state index in [1.165, 1.54) is 32.3 Å². The van der Waals surface area contributed by atoms with Gasteiger partial charge in [0.2, 0.25) is 0 Å². The van der Waals surface area contributed by atoms with Gasteiger partial charge in [-0.25, -0.2) is 0 Å². The van der Waals surface area contributed by atoms with E-state index in [0.29, 0.717) is 0 Å². The van der Waals surface area contributed by atoms with E-state index in [1.807, 2.05) is 0 Å². The van der Waals surface area contributed by atoms with Gasteiger partial charge in [-0.3, -0.25) is 0 Å². The zero-order chi connectivity index (χ0) is 11.8. The van der Waals surface area contributed by atoms with Crippen LogP contribution in [0.5, 0.6) is 0 Å². The number of halogens is 1. The van der Waals surface area contributed by atoms with Gasteiger partial charge in [0.05, 0.1) is 0 Å². The summed E-state index contributed by atoms with van der Waals surface area (Å²) in [7, 11) is 0. The summed E-state index contributed by atoms with van der Waals surface area (Å²) in [6.07, 6.45) is 1.07. The monoisotopic (exact) mass is 284 g/mol. The minimum Gasteiger partial charge on any atom is -0.0622 e. The maximum atomic E-state index is 3.54. The van der Waals surface area contributed by atoms with Crippen LogP contribution in [-0.4, -0.2) is 0 Å². The molecule has 0 spiro atoms. The fourth-order valence-corrected chi connectivity index (χ4v) is 2.97. The molecule has 0 amide bonds. The van der Waals surface area contributed by atoms with Gasteiger partial charge in [0.15, 0.2) is 0 Å². The summed E-state index contributed by atoms with van der Waals surface area (Å²) in [5, 5.41) is 0. The quantitative estimate of drug-likeness (QED) is 0.704. The van der Waals surface area contributed by atoms with Crippen LogP contribution in [0.1, 0.15) is 23.6 Å². The Labute approximate surface area is 110 Å². The number of allylic oxidation sites excluding steroid dienone is 1. The van der Waals surface area contributed by atoms with Gasteiger partial charge in [-0.2, -0.15) is 0 Å². The fourth-order valence-electron chi connectivity index (χ4n) is 2.56. The van der Waals surface area contributed by atoms with Crippen LogP contribution < -0.4 is 0 Å². The predicted molar refractivity (Wildman–Crippen MR) is 76.0 cm³/mol. The lowest BCUT2D eigenvalue weighted by Gasteiger charge is -2.07. The number of hydrogen-bond donors (Lipinski definition) is 0. The molecule has 1 heteroatoms. The maximum Gasteiger partial charge on any atom is 0.0178 e. The first-order chi connectivity index (χ1) is 8.25. The number of benzene rings is 2. The molecule has 0 bridgehead atoms. The van der Waals surface area contributed by atoms with Crippen LogP contribution in [0.25, 0.3) is 5.57 Å². The van der Waals surface area contributed by atoms with E-state index in [9.17, 15) is 0 Å². The highest BCUT2D eigenvalue weighted by Gasteiger charge is 2.19. The molecule has 17 heavy (non-hydrogen) atoms. The standard InChI is InChI=1S/C16H13Br/c1-11-9-13-10-14(17)7-8-15(13)16(11)12-5-3-2-4-6-12/h2-8,10H,9H2,1H3. The van der Waals surface area contributed by atoms with Crippen LogP contribution in [0, 0.1) is 0 Å². The lowest BCUT2D eigenvalue weighted by atomic mass is 9.98. The second-order valence-electron chi connectivity index (χ2n) is 4.50. The van der Waals surface area contributed by atoms with E-state index in [2.05, 4.69) is 71.4 Å². The van der Waals surface area contributed by atoms with E-state index in [4.69, 9.17) is 0 Å². The summed E-state index contributed by atoms with van der Waals surface area (Å²) in [6.45, 7) is 2.23. The molecule has 0 radical (unpaired) electrons. The summed E-state index contributed by atoms with van der Waals surface area (Å²) >= 11 is 3.54. The minimum absolute atomic E-state index is 1.07. The summed E-state index contributed by atoms with van der Waals surface area (Å²) in [4.78, 5) is 0. The Kier molecular flexibility index (Phi) is 2.64. The first kappa shape index (κ1) is 10.8. The summed E-state index contributed by atoms with van der Waals surface area (Å²) in [5.41, 5.74) is 7.01. The topological polar surface area (TPSA) is 0 Å². The normalized spacial score (nSPS) is 14.0. The van der Waals surface area contributed by atoms with Gasteiger partial charge < -0.3 is 0 Å². The summed E-state index contributed by atoms with van der Waals surface area (Å²) in [6, 6.07) is 17.2. The van der Waals surface area contributed by atoms with Gasteiger partial charge in [0, 0.05) is 4.47 Å². The first-order valence-corrected chi connectivity index (χ1v) is 6.59. The van der Waals surface area contributed by atoms with Crippen molar-refractivity contribution in [2.45, 2.75) is 13.3 Å². The Morgan fingerprint density at radius 1 is 1.00 bits per heavy atom. The first-order valence-electron chi connectivity index (χ1n) is 5.79. The van der Waals surface area contributed by atoms with E-state index in [0.717, 1.165) is 6.42 Å². The van der Waals surface area contributed by atoms with E-state index in [1.54, 1.807) is 0 Å². The van der Waals surface area contributed by atoms with Crippen molar-refractivity contribution in [2.75, 3.05) is 0 Å². The molecular formula is C16H13Br. The van der Waals surface area contributed by atoms with Gasteiger partial charge in [-0.1, -0.05) is 57.9 Å². The van der Waals surface area contributed by atoms with Crippen molar-refractivity contribution in [3.63, 3.8) is 0 Å². The zero-order valence-corrected chi connectivity index (χ0v) is 11.3. The lowest BCUT2D eigenvalue weighted by Crippen LogP contribution is -1.86. The molecule has 0 fully saturated rings. The second kappa shape index (κ2) is 4.15. The van der Waals surface area contributed by atoms with Crippen LogP contribution in [0.4, 0.5) is 0 Å². The fraction of sp³-hybridized carbons (Fsp3) is 0.125. The lowest BCUT2D eigenvalue weighted by molar-refractivity contribution is 1.19. The second-order valence-corrected chi connectivity index (χ2v) is 5.42. The molecule has 3 rings (SSSR count). The average molecular weight is 285 g/mol. The van der Waals surface area contributed by atoms with Crippen LogP contribution in [0.15, 0.2) is 58.6 Å². The molecule has 0 aliphatic heterocycles. The molecule has 0 unspecified atom stereocenters. The SMILES string of the molecule is CC1=C(c2ccccc2)c2ccc(Br)cc2C1. The highest BCUT2D eigenvalue weighted by Crippen LogP contribution is 2.38. The van der Waals surface area contributed by atoms with E-state index >= 15 is 0 Å². The largest absolute Gasteiger partial charge is 0.0622 e. The molecular weight excluding hydrogens is 272 g/mol. The molecule has 84 valence electrons. The molecule has 0 saturated heterocycles. The van der Waals surface area contributed by atoms with Gasteiger partial charge in [-0.15, -0.1) is 0 Å². The highest BCUT2D eigenvalue weighted by molar-refractivity contribution is 9.10. The summed E-state index contributed by atoms with van der Waals surface area (Å²) in [5.74, 6) is 0. The molecule has 1 aliphatic carbocycles. The Balaban J connectivity index is 2.17. The molecule has 2 aromatic carbocycles. The van der Waals surface area contributed by atoms with Crippen molar-refractivity contribution in [1.82, 2.24) is 0 Å². The maximum absolute atomic E-state index is 3.54. The van der Waals surface area contributed by atoms with Crippen LogP contribution in [0.3, 0.4) is 0 Å². The van der Waals surface area contributed by atoms with Gasteiger partial charge in [-0.05, 0) is 47.7 Å². The number of rotatable bonds is 1. The molecule has 0 heterocycles. The Bertz CT molecular complexity index is 594. The van der Waals surface area contributed by atoms with Crippen molar-refractivity contribution in [3.05, 3.63) is 75.3 Å². The van der Waals surface area contributed by atoms with Crippen LogP contribution in [0.2, 0.25) is 0 Å².